The number of rotatable bonds is 6. The number of alkyl halides is 3. The standard InChI is InChI=1S/C32H36F4N6O6/c1-30(2,3)48-29(45)40-12-10-39(11-13-40)23-6-5-21-26(25(23)33)37-19-42(27(21)43)20-4-7-24(47-32(34,35)36)22(18-20)38-28(44)31(8-9-31)41-14-16-46-17-15-41/h4-7,18-19H,8-17H2,1-3H3,(H,38,44). The minimum atomic E-state index is -5.04. The van der Waals surface area contributed by atoms with Crippen LogP contribution in [0, 0.1) is 5.82 Å². The lowest BCUT2D eigenvalue weighted by molar-refractivity contribution is -0.274. The minimum absolute atomic E-state index is 0.0587. The normalized spacial score (nSPS) is 18.5. The van der Waals surface area contributed by atoms with Crippen molar-refractivity contribution in [1.82, 2.24) is 19.4 Å². The molecule has 2 amide bonds. The van der Waals surface area contributed by atoms with Gasteiger partial charge in [0.1, 0.15) is 23.0 Å². The summed E-state index contributed by atoms with van der Waals surface area (Å²) < 4.78 is 71.7. The van der Waals surface area contributed by atoms with Crippen molar-refractivity contribution >= 4 is 34.3 Å². The number of aromatic nitrogens is 2. The first-order valence-corrected chi connectivity index (χ1v) is 15.6. The van der Waals surface area contributed by atoms with Gasteiger partial charge in [-0.15, -0.1) is 13.2 Å². The van der Waals surface area contributed by atoms with E-state index in [1.165, 1.54) is 24.3 Å². The summed E-state index contributed by atoms with van der Waals surface area (Å²) in [5.74, 6) is -1.86. The lowest BCUT2D eigenvalue weighted by atomic mass is 10.1. The molecule has 1 aromatic heterocycles. The van der Waals surface area contributed by atoms with Crippen LogP contribution in [0.3, 0.4) is 0 Å². The second-order valence-corrected chi connectivity index (χ2v) is 13.0. The molecular weight excluding hydrogens is 640 g/mol. The van der Waals surface area contributed by atoms with Crippen LogP contribution in [0.15, 0.2) is 41.5 Å². The van der Waals surface area contributed by atoms with E-state index in [-0.39, 0.29) is 28.0 Å². The molecule has 3 heterocycles. The van der Waals surface area contributed by atoms with Crippen LogP contribution in [0.4, 0.5) is 33.7 Å². The zero-order valence-electron chi connectivity index (χ0n) is 26.7. The fraction of sp³-hybridized carbons (Fsp3) is 0.500. The van der Waals surface area contributed by atoms with Crippen molar-refractivity contribution in [1.29, 1.82) is 0 Å². The molecule has 1 saturated carbocycles. The number of nitrogens with one attached hydrogen (secondary N) is 1. The van der Waals surface area contributed by atoms with Gasteiger partial charge in [0.05, 0.1) is 35.7 Å². The summed E-state index contributed by atoms with van der Waals surface area (Å²) in [4.78, 5) is 48.9. The zero-order chi connectivity index (χ0) is 34.4. The number of anilines is 2. The Balaban J connectivity index is 1.26. The minimum Gasteiger partial charge on any atom is -0.444 e. The molecule has 0 radical (unpaired) electrons. The van der Waals surface area contributed by atoms with Crippen molar-refractivity contribution in [2.45, 2.75) is 51.1 Å². The van der Waals surface area contributed by atoms with E-state index in [0.29, 0.717) is 65.3 Å². The third-order valence-corrected chi connectivity index (χ3v) is 8.60. The first-order chi connectivity index (χ1) is 22.6. The van der Waals surface area contributed by atoms with Gasteiger partial charge in [-0.25, -0.2) is 14.2 Å². The number of fused-ring (bicyclic) bond motifs is 1. The predicted octanol–water partition coefficient (Wildman–Crippen LogP) is 4.28. The van der Waals surface area contributed by atoms with E-state index in [2.05, 4.69) is 15.0 Å². The summed E-state index contributed by atoms with van der Waals surface area (Å²) in [6.45, 7) is 8.50. The van der Waals surface area contributed by atoms with Gasteiger partial charge in [-0.1, -0.05) is 0 Å². The Hall–Kier alpha value is -4.44. The van der Waals surface area contributed by atoms with Crippen molar-refractivity contribution in [3.8, 4) is 11.4 Å². The van der Waals surface area contributed by atoms with Crippen molar-refractivity contribution < 1.29 is 41.4 Å². The van der Waals surface area contributed by atoms with Crippen molar-refractivity contribution in [3.05, 3.63) is 52.8 Å². The number of nitrogens with zero attached hydrogens (tertiary/aromatic N) is 5. The van der Waals surface area contributed by atoms with Crippen LogP contribution >= 0.6 is 0 Å². The maximum atomic E-state index is 15.8. The summed E-state index contributed by atoms with van der Waals surface area (Å²) in [7, 11) is 0. The number of amides is 2. The number of hydrogen-bond acceptors (Lipinski definition) is 9. The van der Waals surface area contributed by atoms with Gasteiger partial charge >= 0.3 is 12.5 Å². The molecule has 6 rings (SSSR count). The van der Waals surface area contributed by atoms with Crippen LogP contribution in [0.5, 0.6) is 5.75 Å². The van der Waals surface area contributed by atoms with Crippen LogP contribution in [0.2, 0.25) is 0 Å². The molecule has 12 nitrogen and oxygen atoms in total. The van der Waals surface area contributed by atoms with Gasteiger partial charge in [0, 0.05) is 39.3 Å². The van der Waals surface area contributed by atoms with Crippen molar-refractivity contribution in [3.63, 3.8) is 0 Å². The number of hydrogen-bond donors (Lipinski definition) is 1. The van der Waals surface area contributed by atoms with Crippen LogP contribution in [0.25, 0.3) is 16.6 Å². The average molecular weight is 677 g/mol. The van der Waals surface area contributed by atoms with Crippen LogP contribution < -0.4 is 20.5 Å². The third kappa shape index (κ3) is 6.90. The molecule has 0 spiro atoms. The number of morpholine rings is 1. The maximum absolute atomic E-state index is 15.8. The maximum Gasteiger partial charge on any atom is 0.573 e. The Kier molecular flexibility index (Phi) is 8.74. The lowest BCUT2D eigenvalue weighted by Gasteiger charge is -2.36. The van der Waals surface area contributed by atoms with E-state index in [9.17, 15) is 27.6 Å². The largest absolute Gasteiger partial charge is 0.573 e. The molecule has 2 aromatic carbocycles. The van der Waals surface area contributed by atoms with Crippen molar-refractivity contribution in [2.24, 2.45) is 0 Å². The van der Waals surface area contributed by atoms with Gasteiger partial charge < -0.3 is 29.3 Å². The number of piperazine rings is 1. The molecule has 48 heavy (non-hydrogen) atoms. The Morgan fingerprint density at radius 1 is 0.979 bits per heavy atom. The fourth-order valence-corrected chi connectivity index (χ4v) is 6.05. The Morgan fingerprint density at radius 3 is 2.29 bits per heavy atom. The first-order valence-electron chi connectivity index (χ1n) is 15.6. The molecule has 16 heteroatoms. The summed E-state index contributed by atoms with van der Waals surface area (Å²) >= 11 is 0. The van der Waals surface area contributed by atoms with Crippen LogP contribution in [0.1, 0.15) is 33.6 Å². The van der Waals surface area contributed by atoms with Gasteiger partial charge in [0.2, 0.25) is 5.91 Å². The second-order valence-electron chi connectivity index (χ2n) is 13.0. The number of carbonyl (C=O) groups excluding carboxylic acids is 2. The van der Waals surface area contributed by atoms with Crippen LogP contribution in [-0.4, -0.2) is 101 Å². The average Bonchev–Trinajstić information content (AvgIpc) is 3.84. The highest BCUT2D eigenvalue weighted by molar-refractivity contribution is 6.01. The predicted molar refractivity (Wildman–Crippen MR) is 167 cm³/mol. The van der Waals surface area contributed by atoms with Gasteiger partial charge in [-0.3, -0.25) is 19.1 Å². The molecule has 0 bridgehead atoms. The Bertz CT molecular complexity index is 1770. The second kappa shape index (κ2) is 12.5. The molecule has 3 fully saturated rings. The molecular formula is C32H36F4N6O6. The van der Waals surface area contributed by atoms with Gasteiger partial charge in [-0.2, -0.15) is 0 Å². The summed E-state index contributed by atoms with van der Waals surface area (Å²) in [5, 5.41) is 2.54. The number of halogens is 4. The number of ether oxygens (including phenoxy) is 3. The quantitative estimate of drug-likeness (QED) is 0.382. The lowest BCUT2D eigenvalue weighted by Crippen LogP contribution is -2.51. The molecule has 2 saturated heterocycles. The highest BCUT2D eigenvalue weighted by Crippen LogP contribution is 2.44. The zero-order valence-corrected chi connectivity index (χ0v) is 26.7. The number of carbonyl (C=O) groups is 2. The molecule has 3 aromatic rings. The van der Waals surface area contributed by atoms with Gasteiger partial charge in [0.15, 0.2) is 11.6 Å². The summed E-state index contributed by atoms with van der Waals surface area (Å²) in [6.07, 6.45) is -3.33. The highest BCUT2D eigenvalue weighted by atomic mass is 19.4. The Labute approximate surface area is 273 Å². The van der Waals surface area contributed by atoms with E-state index < -0.39 is 46.6 Å². The monoisotopic (exact) mass is 676 g/mol. The molecule has 258 valence electrons. The summed E-state index contributed by atoms with van der Waals surface area (Å²) in [6, 6.07) is 6.31. The molecule has 0 unspecified atom stereocenters. The molecule has 3 aliphatic rings. The molecule has 0 atom stereocenters. The Morgan fingerprint density at radius 2 is 1.67 bits per heavy atom. The fourth-order valence-electron chi connectivity index (χ4n) is 6.05. The van der Waals surface area contributed by atoms with E-state index >= 15 is 4.39 Å². The summed E-state index contributed by atoms with van der Waals surface area (Å²) in [5.41, 5.74) is -2.36. The number of benzene rings is 2. The van der Waals surface area contributed by atoms with Gasteiger partial charge in [0.25, 0.3) is 5.56 Å². The smallest absolute Gasteiger partial charge is 0.444 e. The topological polar surface area (TPSA) is 118 Å². The van der Waals surface area contributed by atoms with Crippen molar-refractivity contribution in [2.75, 3.05) is 62.7 Å². The third-order valence-electron chi connectivity index (χ3n) is 8.60. The molecule has 2 aliphatic heterocycles. The molecule has 1 aliphatic carbocycles. The van der Waals surface area contributed by atoms with E-state index in [4.69, 9.17) is 9.47 Å². The first kappa shape index (κ1) is 33.5. The van der Waals surface area contributed by atoms with E-state index in [1.807, 2.05) is 4.90 Å². The highest BCUT2D eigenvalue weighted by Gasteiger charge is 2.54. The molecule has 1 N–H and O–H groups in total. The SMILES string of the molecule is CC(C)(C)OC(=O)N1CCN(c2ccc3c(=O)n(-c4ccc(OC(F)(F)F)c(NC(=O)C5(N6CCOCC6)CC5)c4)cnc3c2F)CC1. The van der Waals surface area contributed by atoms with E-state index in [0.717, 1.165) is 17.0 Å². The van der Waals surface area contributed by atoms with Gasteiger partial charge in [-0.05, 0) is 63.9 Å². The van der Waals surface area contributed by atoms with Crippen LogP contribution in [-0.2, 0) is 14.3 Å². The van der Waals surface area contributed by atoms with E-state index in [1.54, 1.807) is 30.6 Å².